The molecule has 0 radical (unpaired) electrons. The third-order valence-electron chi connectivity index (χ3n) is 2.11. The van der Waals surface area contributed by atoms with Crippen LogP contribution in [0.15, 0.2) is 12.3 Å². The first-order chi connectivity index (χ1) is 7.76. The predicted molar refractivity (Wildman–Crippen MR) is 69.3 cm³/mol. The van der Waals surface area contributed by atoms with Gasteiger partial charge < -0.3 is 10.1 Å². The van der Waals surface area contributed by atoms with E-state index in [1.807, 2.05) is 11.8 Å². The number of hydrogen-bond acceptors (Lipinski definition) is 5. The molecule has 0 aliphatic rings. The summed E-state index contributed by atoms with van der Waals surface area (Å²) in [4.78, 5) is 8.35. The maximum Gasteiger partial charge on any atom is 0.226 e. The summed E-state index contributed by atoms with van der Waals surface area (Å²) in [6.07, 6.45) is 2.81. The van der Waals surface area contributed by atoms with Crippen molar-refractivity contribution >= 4 is 17.7 Å². The van der Waals surface area contributed by atoms with E-state index >= 15 is 0 Å². The number of rotatable bonds is 7. The average Bonchev–Trinajstić information content (AvgIpc) is 2.29. The Kier molecular flexibility index (Phi) is 6.00. The Balaban J connectivity index is 2.39. The van der Waals surface area contributed by atoms with Crippen molar-refractivity contribution in [1.29, 1.82) is 0 Å². The summed E-state index contributed by atoms with van der Waals surface area (Å²) >= 11 is 1.95. The first-order valence-corrected chi connectivity index (χ1v) is 6.63. The minimum Gasteiger partial charge on any atom is -0.481 e. The fraction of sp³-hybridized carbons (Fsp3) is 0.636. The molecule has 0 aromatic carbocycles. The molecule has 4 nitrogen and oxygen atoms in total. The van der Waals surface area contributed by atoms with Gasteiger partial charge in [0.05, 0.1) is 7.11 Å². The highest BCUT2D eigenvalue weighted by molar-refractivity contribution is 7.99. The smallest absolute Gasteiger partial charge is 0.226 e. The number of ether oxygens (including phenoxy) is 1. The number of nitrogens with zero attached hydrogens (tertiary/aromatic N) is 2. The number of methoxy groups -OCH3 is 1. The van der Waals surface area contributed by atoms with Crippen LogP contribution in [0.25, 0.3) is 0 Å². The van der Waals surface area contributed by atoms with Gasteiger partial charge in [-0.1, -0.05) is 6.92 Å². The highest BCUT2D eigenvalue weighted by Gasteiger charge is 2.04. The summed E-state index contributed by atoms with van der Waals surface area (Å²) in [6.45, 7) is 4.31. The molecular weight excluding hydrogens is 222 g/mol. The number of thioether (sulfide) groups is 1. The molecule has 1 N–H and O–H groups in total. The van der Waals surface area contributed by atoms with Gasteiger partial charge >= 0.3 is 0 Å². The second-order valence-corrected chi connectivity index (χ2v) is 4.85. The molecule has 1 heterocycles. The van der Waals surface area contributed by atoms with Crippen LogP contribution in [-0.4, -0.2) is 34.6 Å². The lowest BCUT2D eigenvalue weighted by Gasteiger charge is -2.13. The van der Waals surface area contributed by atoms with Crippen LogP contribution in [0.1, 0.15) is 20.3 Å². The Morgan fingerprint density at radius 1 is 1.56 bits per heavy atom. The van der Waals surface area contributed by atoms with Crippen molar-refractivity contribution in [1.82, 2.24) is 9.97 Å². The SMILES string of the molecule is CCSCCC(C)Nc1nccc(OC)n1. The van der Waals surface area contributed by atoms with Gasteiger partial charge in [-0.15, -0.1) is 0 Å². The van der Waals surface area contributed by atoms with E-state index in [-0.39, 0.29) is 0 Å². The van der Waals surface area contributed by atoms with E-state index in [0.717, 1.165) is 12.2 Å². The van der Waals surface area contributed by atoms with Gasteiger partial charge in [-0.3, -0.25) is 0 Å². The van der Waals surface area contributed by atoms with Crippen LogP contribution in [0, 0.1) is 0 Å². The van der Waals surface area contributed by atoms with E-state index in [9.17, 15) is 0 Å². The second-order valence-electron chi connectivity index (χ2n) is 3.45. The van der Waals surface area contributed by atoms with Crippen LogP contribution in [0.2, 0.25) is 0 Å². The second kappa shape index (κ2) is 7.33. The highest BCUT2D eigenvalue weighted by atomic mass is 32.2. The quantitative estimate of drug-likeness (QED) is 0.743. The van der Waals surface area contributed by atoms with Crippen LogP contribution in [-0.2, 0) is 0 Å². The molecule has 1 unspecified atom stereocenters. The van der Waals surface area contributed by atoms with Crippen molar-refractivity contribution in [3.63, 3.8) is 0 Å². The van der Waals surface area contributed by atoms with Crippen LogP contribution >= 0.6 is 11.8 Å². The zero-order valence-corrected chi connectivity index (χ0v) is 10.9. The van der Waals surface area contributed by atoms with Crippen molar-refractivity contribution in [2.45, 2.75) is 26.3 Å². The van der Waals surface area contributed by atoms with E-state index in [0.29, 0.717) is 17.9 Å². The third kappa shape index (κ3) is 4.70. The Morgan fingerprint density at radius 2 is 2.38 bits per heavy atom. The fourth-order valence-corrected chi connectivity index (χ4v) is 2.03. The van der Waals surface area contributed by atoms with Gasteiger partial charge in [0.15, 0.2) is 0 Å². The molecule has 90 valence electrons. The van der Waals surface area contributed by atoms with Gasteiger partial charge in [-0.2, -0.15) is 16.7 Å². The van der Waals surface area contributed by atoms with E-state index in [1.165, 1.54) is 5.75 Å². The number of aromatic nitrogens is 2. The Hall–Kier alpha value is -0.970. The minimum absolute atomic E-state index is 0.381. The number of anilines is 1. The van der Waals surface area contributed by atoms with Crippen LogP contribution < -0.4 is 10.1 Å². The maximum atomic E-state index is 5.04. The molecule has 0 aliphatic carbocycles. The lowest BCUT2D eigenvalue weighted by Crippen LogP contribution is -2.17. The topological polar surface area (TPSA) is 47.0 Å². The Labute approximate surface area is 101 Å². The van der Waals surface area contributed by atoms with Crippen LogP contribution in [0.5, 0.6) is 5.88 Å². The zero-order valence-electron chi connectivity index (χ0n) is 10.1. The summed E-state index contributed by atoms with van der Waals surface area (Å²) < 4.78 is 5.04. The number of hydrogen-bond donors (Lipinski definition) is 1. The van der Waals surface area contributed by atoms with Crippen LogP contribution in [0.4, 0.5) is 5.95 Å². The standard InChI is InChI=1S/C11H19N3OS/c1-4-16-8-6-9(2)13-11-12-7-5-10(14-11)15-3/h5,7,9H,4,6,8H2,1-3H3,(H,12,13,14). The van der Waals surface area contributed by atoms with E-state index in [4.69, 9.17) is 4.74 Å². The Bertz CT molecular complexity index is 309. The van der Waals surface area contributed by atoms with Crippen molar-refractivity contribution in [2.24, 2.45) is 0 Å². The average molecular weight is 241 g/mol. The molecule has 1 aromatic rings. The van der Waals surface area contributed by atoms with Gasteiger partial charge in [0, 0.05) is 18.3 Å². The molecule has 0 saturated carbocycles. The first-order valence-electron chi connectivity index (χ1n) is 5.47. The highest BCUT2D eigenvalue weighted by Crippen LogP contribution is 2.10. The van der Waals surface area contributed by atoms with Crippen molar-refractivity contribution in [3.8, 4) is 5.88 Å². The lowest BCUT2D eigenvalue weighted by atomic mass is 10.3. The van der Waals surface area contributed by atoms with Crippen LogP contribution in [0.3, 0.4) is 0 Å². The minimum atomic E-state index is 0.381. The molecule has 1 aromatic heterocycles. The lowest BCUT2D eigenvalue weighted by molar-refractivity contribution is 0.397. The van der Waals surface area contributed by atoms with E-state index < -0.39 is 0 Å². The summed E-state index contributed by atoms with van der Waals surface area (Å²) in [5.74, 6) is 3.55. The molecule has 1 rings (SSSR count). The monoisotopic (exact) mass is 241 g/mol. The van der Waals surface area contributed by atoms with E-state index in [1.54, 1.807) is 19.4 Å². The maximum absolute atomic E-state index is 5.04. The van der Waals surface area contributed by atoms with Crippen molar-refractivity contribution in [2.75, 3.05) is 23.9 Å². The fourth-order valence-electron chi connectivity index (χ4n) is 1.22. The molecule has 0 aliphatic heterocycles. The molecular formula is C11H19N3OS. The largest absolute Gasteiger partial charge is 0.481 e. The third-order valence-corrected chi connectivity index (χ3v) is 3.05. The van der Waals surface area contributed by atoms with Crippen molar-refractivity contribution in [3.05, 3.63) is 12.3 Å². The molecule has 0 amide bonds. The zero-order chi connectivity index (χ0) is 11.8. The molecule has 0 spiro atoms. The summed E-state index contributed by atoms with van der Waals surface area (Å²) in [6, 6.07) is 2.12. The molecule has 16 heavy (non-hydrogen) atoms. The molecule has 0 saturated heterocycles. The molecule has 5 heteroatoms. The van der Waals surface area contributed by atoms with Gasteiger partial charge in [-0.25, -0.2) is 4.98 Å². The number of nitrogens with one attached hydrogen (secondary N) is 1. The van der Waals surface area contributed by atoms with Gasteiger partial charge in [0.2, 0.25) is 11.8 Å². The first kappa shape index (κ1) is 13.1. The predicted octanol–water partition coefficient (Wildman–Crippen LogP) is 2.43. The molecule has 1 atom stereocenters. The summed E-state index contributed by atoms with van der Waals surface area (Å²) in [5.41, 5.74) is 0. The normalized spacial score (nSPS) is 12.2. The molecule has 0 bridgehead atoms. The van der Waals surface area contributed by atoms with Gasteiger partial charge in [-0.05, 0) is 24.9 Å². The Morgan fingerprint density at radius 3 is 3.06 bits per heavy atom. The summed E-state index contributed by atoms with van der Waals surface area (Å²) in [5, 5.41) is 3.26. The van der Waals surface area contributed by atoms with Crippen molar-refractivity contribution < 1.29 is 4.74 Å². The van der Waals surface area contributed by atoms with E-state index in [2.05, 4.69) is 29.1 Å². The molecule has 0 fully saturated rings. The summed E-state index contributed by atoms with van der Waals surface area (Å²) in [7, 11) is 1.60. The van der Waals surface area contributed by atoms with Gasteiger partial charge in [0.25, 0.3) is 0 Å². The van der Waals surface area contributed by atoms with Gasteiger partial charge in [0.1, 0.15) is 0 Å².